The lowest BCUT2D eigenvalue weighted by Crippen LogP contribution is -2.44. The summed E-state index contributed by atoms with van der Waals surface area (Å²) in [6.45, 7) is 4.88. The number of aryl methyl sites for hydroxylation is 2. The molecule has 0 spiro atoms. The van der Waals surface area contributed by atoms with Crippen LogP contribution in [0.1, 0.15) is 31.4 Å². The van der Waals surface area contributed by atoms with Gasteiger partial charge in [0.25, 0.3) is 0 Å². The SMILES string of the molecule is CCc1cccc(NC(C)C(=O)N2CCCc3ccccc32)c1. The van der Waals surface area contributed by atoms with Crippen molar-refractivity contribution < 1.29 is 4.79 Å². The minimum Gasteiger partial charge on any atom is -0.374 e. The van der Waals surface area contributed by atoms with Crippen LogP contribution in [0.5, 0.6) is 0 Å². The van der Waals surface area contributed by atoms with Crippen molar-refractivity contribution in [3.63, 3.8) is 0 Å². The Labute approximate surface area is 138 Å². The Morgan fingerprint density at radius 1 is 1.22 bits per heavy atom. The summed E-state index contributed by atoms with van der Waals surface area (Å²) < 4.78 is 0. The summed E-state index contributed by atoms with van der Waals surface area (Å²) in [5.74, 6) is 0.138. The van der Waals surface area contributed by atoms with Gasteiger partial charge in [0.15, 0.2) is 0 Å². The lowest BCUT2D eigenvalue weighted by atomic mass is 10.0. The number of nitrogens with zero attached hydrogens (tertiary/aromatic N) is 1. The fourth-order valence-corrected chi connectivity index (χ4v) is 3.19. The van der Waals surface area contributed by atoms with Gasteiger partial charge in [0.05, 0.1) is 0 Å². The van der Waals surface area contributed by atoms with Gasteiger partial charge in [-0.3, -0.25) is 4.79 Å². The van der Waals surface area contributed by atoms with E-state index in [0.29, 0.717) is 0 Å². The summed E-state index contributed by atoms with van der Waals surface area (Å²) in [6.07, 6.45) is 3.08. The van der Waals surface area contributed by atoms with E-state index in [1.807, 2.05) is 36.1 Å². The van der Waals surface area contributed by atoms with Gasteiger partial charge in [0, 0.05) is 17.9 Å². The molecule has 3 heteroatoms. The fraction of sp³-hybridized carbons (Fsp3) is 0.350. The minimum atomic E-state index is -0.242. The summed E-state index contributed by atoms with van der Waals surface area (Å²) in [6, 6.07) is 16.3. The molecule has 0 aromatic heterocycles. The summed E-state index contributed by atoms with van der Waals surface area (Å²) in [7, 11) is 0. The van der Waals surface area contributed by atoms with E-state index in [1.165, 1.54) is 11.1 Å². The summed E-state index contributed by atoms with van der Waals surface area (Å²) >= 11 is 0. The molecule has 3 nitrogen and oxygen atoms in total. The molecule has 0 bridgehead atoms. The first kappa shape index (κ1) is 15.6. The average molecular weight is 308 g/mol. The van der Waals surface area contributed by atoms with E-state index in [0.717, 1.165) is 37.2 Å². The molecular formula is C20H24N2O. The molecule has 0 saturated heterocycles. The summed E-state index contributed by atoms with van der Waals surface area (Å²) in [5.41, 5.74) is 4.63. The Bertz CT molecular complexity index is 696. The number of anilines is 2. The third kappa shape index (κ3) is 3.39. The smallest absolute Gasteiger partial charge is 0.249 e. The molecule has 0 saturated carbocycles. The van der Waals surface area contributed by atoms with Crippen LogP contribution >= 0.6 is 0 Å². The second-order valence-corrected chi connectivity index (χ2v) is 6.14. The highest BCUT2D eigenvalue weighted by molar-refractivity contribution is 5.99. The minimum absolute atomic E-state index is 0.138. The van der Waals surface area contributed by atoms with E-state index in [4.69, 9.17) is 0 Å². The molecule has 1 unspecified atom stereocenters. The number of benzene rings is 2. The topological polar surface area (TPSA) is 32.3 Å². The van der Waals surface area contributed by atoms with Crippen molar-refractivity contribution in [1.29, 1.82) is 0 Å². The molecule has 120 valence electrons. The molecule has 23 heavy (non-hydrogen) atoms. The number of fused-ring (bicyclic) bond motifs is 1. The molecule has 1 N–H and O–H groups in total. The van der Waals surface area contributed by atoms with Crippen molar-refractivity contribution in [3.8, 4) is 0 Å². The predicted molar refractivity (Wildman–Crippen MR) is 96.0 cm³/mol. The zero-order chi connectivity index (χ0) is 16.2. The van der Waals surface area contributed by atoms with Crippen LogP contribution in [0.25, 0.3) is 0 Å². The van der Waals surface area contributed by atoms with Crippen molar-refractivity contribution in [2.24, 2.45) is 0 Å². The highest BCUT2D eigenvalue weighted by Crippen LogP contribution is 2.27. The van der Waals surface area contributed by atoms with Crippen molar-refractivity contribution in [3.05, 3.63) is 59.7 Å². The van der Waals surface area contributed by atoms with Gasteiger partial charge in [-0.05, 0) is 55.5 Å². The van der Waals surface area contributed by atoms with Crippen LogP contribution in [0.15, 0.2) is 48.5 Å². The van der Waals surface area contributed by atoms with E-state index < -0.39 is 0 Å². The number of rotatable bonds is 4. The molecule has 1 amide bonds. The van der Waals surface area contributed by atoms with Crippen molar-refractivity contribution in [2.75, 3.05) is 16.8 Å². The van der Waals surface area contributed by atoms with Gasteiger partial charge in [-0.2, -0.15) is 0 Å². The second-order valence-electron chi connectivity index (χ2n) is 6.14. The van der Waals surface area contributed by atoms with Crippen LogP contribution in [-0.2, 0) is 17.6 Å². The van der Waals surface area contributed by atoms with Crippen LogP contribution in [0, 0.1) is 0 Å². The van der Waals surface area contributed by atoms with E-state index in [2.05, 4.69) is 36.5 Å². The number of carbonyl (C=O) groups is 1. The largest absolute Gasteiger partial charge is 0.374 e. The van der Waals surface area contributed by atoms with Gasteiger partial charge >= 0.3 is 0 Å². The molecule has 2 aromatic carbocycles. The molecule has 3 rings (SSSR count). The number of para-hydroxylation sites is 1. The van der Waals surface area contributed by atoms with Gasteiger partial charge in [0.2, 0.25) is 5.91 Å². The molecule has 1 aliphatic rings. The third-order valence-corrected chi connectivity index (χ3v) is 4.47. The fourth-order valence-electron chi connectivity index (χ4n) is 3.19. The van der Waals surface area contributed by atoms with Gasteiger partial charge < -0.3 is 10.2 Å². The molecule has 0 fully saturated rings. The van der Waals surface area contributed by atoms with E-state index in [9.17, 15) is 4.79 Å². The van der Waals surface area contributed by atoms with Gasteiger partial charge in [-0.1, -0.05) is 37.3 Å². The maximum atomic E-state index is 12.9. The van der Waals surface area contributed by atoms with Crippen LogP contribution in [0.4, 0.5) is 11.4 Å². The molecular weight excluding hydrogens is 284 g/mol. The van der Waals surface area contributed by atoms with Crippen LogP contribution in [0.2, 0.25) is 0 Å². The maximum absolute atomic E-state index is 12.9. The molecule has 0 aliphatic carbocycles. The normalized spacial score (nSPS) is 15.0. The van der Waals surface area contributed by atoms with Crippen molar-refractivity contribution in [2.45, 2.75) is 39.2 Å². The lowest BCUT2D eigenvalue weighted by Gasteiger charge is -2.32. The predicted octanol–water partition coefficient (Wildman–Crippen LogP) is 4.03. The maximum Gasteiger partial charge on any atom is 0.249 e. The quantitative estimate of drug-likeness (QED) is 0.925. The Hall–Kier alpha value is -2.29. The van der Waals surface area contributed by atoms with Gasteiger partial charge in [-0.25, -0.2) is 0 Å². The van der Waals surface area contributed by atoms with Crippen molar-refractivity contribution in [1.82, 2.24) is 0 Å². The summed E-state index contributed by atoms with van der Waals surface area (Å²) in [4.78, 5) is 14.8. The first-order chi connectivity index (χ1) is 11.2. The Morgan fingerprint density at radius 2 is 2.04 bits per heavy atom. The average Bonchev–Trinajstić information content (AvgIpc) is 2.60. The van der Waals surface area contributed by atoms with Gasteiger partial charge in [-0.15, -0.1) is 0 Å². The third-order valence-electron chi connectivity index (χ3n) is 4.47. The summed E-state index contributed by atoms with van der Waals surface area (Å²) in [5, 5.41) is 3.35. The Kier molecular flexibility index (Phi) is 4.65. The van der Waals surface area contributed by atoms with Gasteiger partial charge in [0.1, 0.15) is 6.04 Å². The van der Waals surface area contributed by atoms with E-state index >= 15 is 0 Å². The molecule has 1 heterocycles. The zero-order valence-corrected chi connectivity index (χ0v) is 13.9. The first-order valence-electron chi connectivity index (χ1n) is 8.44. The molecule has 2 aromatic rings. The first-order valence-corrected chi connectivity index (χ1v) is 8.44. The monoisotopic (exact) mass is 308 g/mol. The Balaban J connectivity index is 1.75. The number of nitrogens with one attached hydrogen (secondary N) is 1. The number of hydrogen-bond acceptors (Lipinski definition) is 2. The highest BCUT2D eigenvalue weighted by Gasteiger charge is 2.25. The van der Waals surface area contributed by atoms with Crippen LogP contribution in [-0.4, -0.2) is 18.5 Å². The van der Waals surface area contributed by atoms with Crippen LogP contribution < -0.4 is 10.2 Å². The molecule has 1 aliphatic heterocycles. The lowest BCUT2D eigenvalue weighted by molar-refractivity contribution is -0.119. The zero-order valence-electron chi connectivity index (χ0n) is 13.9. The van der Waals surface area contributed by atoms with E-state index in [-0.39, 0.29) is 11.9 Å². The van der Waals surface area contributed by atoms with Crippen molar-refractivity contribution >= 4 is 17.3 Å². The standard InChI is InChI=1S/C20H24N2O/c1-3-16-8-6-11-18(14-16)21-15(2)20(23)22-13-7-10-17-9-4-5-12-19(17)22/h4-6,8-9,11-12,14-15,21H,3,7,10,13H2,1-2H3. The molecule has 1 atom stereocenters. The number of hydrogen-bond donors (Lipinski definition) is 1. The highest BCUT2D eigenvalue weighted by atomic mass is 16.2. The molecule has 0 radical (unpaired) electrons. The second kappa shape index (κ2) is 6.86. The Morgan fingerprint density at radius 3 is 2.87 bits per heavy atom. The number of carbonyl (C=O) groups excluding carboxylic acids is 1. The van der Waals surface area contributed by atoms with Crippen LogP contribution in [0.3, 0.4) is 0 Å². The van der Waals surface area contributed by atoms with E-state index in [1.54, 1.807) is 0 Å². The number of amides is 1.